The van der Waals surface area contributed by atoms with E-state index in [9.17, 15) is 18.0 Å². The molecule has 0 spiro atoms. The number of carbonyl (C=O) groups excluding carboxylic acids is 1. The summed E-state index contributed by atoms with van der Waals surface area (Å²) in [6.07, 6.45) is -2.31. The summed E-state index contributed by atoms with van der Waals surface area (Å²) >= 11 is 0. The fourth-order valence-electron chi connectivity index (χ4n) is 3.05. The highest BCUT2D eigenvalue weighted by molar-refractivity contribution is 5.78. The van der Waals surface area contributed by atoms with Crippen molar-refractivity contribution in [2.45, 2.75) is 37.9 Å². The number of likely N-dealkylation sites (tertiary alicyclic amines) is 1. The van der Waals surface area contributed by atoms with E-state index in [0.717, 1.165) is 30.5 Å². The number of nitrogens with zero attached hydrogens (tertiary/aromatic N) is 1. The molecule has 0 radical (unpaired) electrons. The van der Waals surface area contributed by atoms with Gasteiger partial charge in [0, 0.05) is 19.5 Å². The van der Waals surface area contributed by atoms with E-state index in [1.165, 1.54) is 12.1 Å². The van der Waals surface area contributed by atoms with Crippen molar-refractivity contribution in [3.8, 4) is 0 Å². The summed E-state index contributed by atoms with van der Waals surface area (Å²) in [5, 5.41) is 2.94. The van der Waals surface area contributed by atoms with Crippen LogP contribution in [-0.2, 0) is 16.5 Å². The van der Waals surface area contributed by atoms with Crippen molar-refractivity contribution in [2.75, 3.05) is 20.1 Å². The van der Waals surface area contributed by atoms with Gasteiger partial charge in [-0.3, -0.25) is 4.79 Å². The molecule has 6 heteroatoms. The molecule has 0 saturated carbocycles. The number of carbonyl (C=O) groups is 1. The van der Waals surface area contributed by atoms with Gasteiger partial charge in [0.15, 0.2) is 0 Å². The fourth-order valence-corrected chi connectivity index (χ4v) is 3.05. The Bertz CT molecular complexity index is 527. The van der Waals surface area contributed by atoms with Gasteiger partial charge in [-0.05, 0) is 44.5 Å². The van der Waals surface area contributed by atoms with Crippen LogP contribution >= 0.6 is 0 Å². The minimum Gasteiger partial charge on any atom is -0.333 e. The highest BCUT2D eigenvalue weighted by Gasteiger charge is 2.41. The van der Waals surface area contributed by atoms with Crippen LogP contribution < -0.4 is 5.32 Å². The number of hydrogen-bond donors (Lipinski definition) is 1. The van der Waals surface area contributed by atoms with E-state index < -0.39 is 17.3 Å². The molecule has 1 aromatic carbocycles. The van der Waals surface area contributed by atoms with Gasteiger partial charge < -0.3 is 10.2 Å². The van der Waals surface area contributed by atoms with Gasteiger partial charge in [0.25, 0.3) is 0 Å². The molecule has 0 aliphatic carbocycles. The largest absolute Gasteiger partial charge is 0.416 e. The summed E-state index contributed by atoms with van der Waals surface area (Å²) < 4.78 is 38.0. The third-order valence-corrected chi connectivity index (χ3v) is 4.37. The Morgan fingerprint density at radius 2 is 1.95 bits per heavy atom. The normalized spacial score (nSPS) is 22.1. The Kier molecular flexibility index (Phi) is 4.80. The van der Waals surface area contributed by atoms with E-state index in [2.05, 4.69) is 5.32 Å². The molecule has 122 valence electrons. The summed E-state index contributed by atoms with van der Waals surface area (Å²) in [6, 6.07) is 5.17. The molecule has 1 saturated heterocycles. The second-order valence-corrected chi connectivity index (χ2v) is 5.85. The smallest absolute Gasteiger partial charge is 0.333 e. The van der Waals surface area contributed by atoms with Crippen LogP contribution in [0.5, 0.6) is 0 Å². The summed E-state index contributed by atoms with van der Waals surface area (Å²) in [7, 11) is 1.78. The van der Waals surface area contributed by atoms with Crippen LogP contribution in [-0.4, -0.2) is 30.9 Å². The van der Waals surface area contributed by atoms with E-state index in [1.54, 1.807) is 11.9 Å². The lowest BCUT2D eigenvalue weighted by Gasteiger charge is -2.36. The average Bonchev–Trinajstić information content (AvgIpc) is 2.87. The molecule has 1 N–H and O–H groups in total. The molecule has 3 nitrogen and oxygen atoms in total. The maximum atomic E-state index is 12.7. The predicted molar refractivity (Wildman–Crippen MR) is 78.3 cm³/mol. The molecular weight excluding hydrogens is 293 g/mol. The number of benzene rings is 1. The highest BCUT2D eigenvalue weighted by Crippen LogP contribution is 2.40. The number of hydrogen-bond acceptors (Lipinski definition) is 2. The first kappa shape index (κ1) is 16.8. The minimum absolute atomic E-state index is 0.0363. The Balaban J connectivity index is 2.23. The van der Waals surface area contributed by atoms with Gasteiger partial charge in [0.05, 0.1) is 11.1 Å². The molecular formula is C16H21F3N2O. The molecule has 1 aromatic rings. The van der Waals surface area contributed by atoms with Crippen molar-refractivity contribution < 1.29 is 18.0 Å². The van der Waals surface area contributed by atoms with Crippen molar-refractivity contribution in [3.63, 3.8) is 0 Å². The molecule has 22 heavy (non-hydrogen) atoms. The summed E-state index contributed by atoms with van der Waals surface area (Å²) in [5.41, 5.74) is -0.420. The highest BCUT2D eigenvalue weighted by atomic mass is 19.4. The zero-order valence-electron chi connectivity index (χ0n) is 12.8. The van der Waals surface area contributed by atoms with Gasteiger partial charge in [-0.1, -0.05) is 12.1 Å². The Morgan fingerprint density at radius 1 is 1.32 bits per heavy atom. The topological polar surface area (TPSA) is 32.3 Å². The Hall–Kier alpha value is -1.56. The van der Waals surface area contributed by atoms with Crippen molar-refractivity contribution in [1.29, 1.82) is 0 Å². The lowest BCUT2D eigenvalue weighted by atomic mass is 9.88. The molecule has 0 aromatic heterocycles. The first-order valence-corrected chi connectivity index (χ1v) is 7.42. The number of rotatable bonds is 4. The second-order valence-electron chi connectivity index (χ2n) is 5.85. The van der Waals surface area contributed by atoms with Gasteiger partial charge in [0.1, 0.15) is 0 Å². The second kappa shape index (κ2) is 6.28. The maximum Gasteiger partial charge on any atom is 0.416 e. The lowest BCUT2D eigenvalue weighted by Crippen LogP contribution is -2.43. The van der Waals surface area contributed by atoms with E-state index in [1.807, 2.05) is 6.92 Å². The van der Waals surface area contributed by atoms with Crippen LogP contribution in [0.25, 0.3) is 0 Å². The molecule has 1 aliphatic heterocycles. The molecule has 1 unspecified atom stereocenters. The SMILES string of the molecule is CNCCC(=O)N1CCCC1(C)c1ccc(C(F)(F)F)cc1. The van der Waals surface area contributed by atoms with Gasteiger partial charge in [-0.15, -0.1) is 0 Å². The molecule has 1 aliphatic rings. The van der Waals surface area contributed by atoms with Crippen molar-refractivity contribution in [2.24, 2.45) is 0 Å². The van der Waals surface area contributed by atoms with E-state index >= 15 is 0 Å². The fraction of sp³-hybridized carbons (Fsp3) is 0.562. The zero-order chi connectivity index (χ0) is 16.4. The maximum absolute atomic E-state index is 12.7. The van der Waals surface area contributed by atoms with Crippen LogP contribution in [0, 0.1) is 0 Å². The zero-order valence-corrected chi connectivity index (χ0v) is 12.8. The lowest BCUT2D eigenvalue weighted by molar-refractivity contribution is -0.138. The quantitative estimate of drug-likeness (QED) is 0.926. The van der Waals surface area contributed by atoms with E-state index in [-0.39, 0.29) is 5.91 Å². The van der Waals surface area contributed by atoms with Gasteiger partial charge in [-0.25, -0.2) is 0 Å². The summed E-state index contributed by atoms with van der Waals surface area (Å²) in [5.74, 6) is 0.0363. The van der Waals surface area contributed by atoms with Gasteiger partial charge in [0.2, 0.25) is 5.91 Å². The van der Waals surface area contributed by atoms with E-state index in [0.29, 0.717) is 19.5 Å². The average molecular weight is 314 g/mol. The van der Waals surface area contributed by atoms with E-state index in [4.69, 9.17) is 0 Å². The number of amides is 1. The van der Waals surface area contributed by atoms with Crippen LogP contribution in [0.15, 0.2) is 24.3 Å². The monoisotopic (exact) mass is 314 g/mol. The molecule has 1 heterocycles. The summed E-state index contributed by atoms with van der Waals surface area (Å²) in [6.45, 7) is 3.18. The van der Waals surface area contributed by atoms with Gasteiger partial charge >= 0.3 is 6.18 Å². The van der Waals surface area contributed by atoms with Crippen LogP contribution in [0.2, 0.25) is 0 Å². The third kappa shape index (κ3) is 3.27. The number of alkyl halides is 3. The predicted octanol–water partition coefficient (Wildman–Crippen LogP) is 3.15. The molecule has 1 fully saturated rings. The third-order valence-electron chi connectivity index (χ3n) is 4.37. The van der Waals surface area contributed by atoms with Crippen LogP contribution in [0.4, 0.5) is 13.2 Å². The molecule has 1 atom stereocenters. The van der Waals surface area contributed by atoms with Gasteiger partial charge in [-0.2, -0.15) is 13.2 Å². The first-order valence-electron chi connectivity index (χ1n) is 7.42. The number of halogens is 3. The Morgan fingerprint density at radius 3 is 2.50 bits per heavy atom. The minimum atomic E-state index is -4.34. The molecule has 0 bridgehead atoms. The molecule has 1 amide bonds. The van der Waals surface area contributed by atoms with Crippen molar-refractivity contribution >= 4 is 5.91 Å². The first-order chi connectivity index (χ1) is 10.3. The molecule has 2 rings (SSSR count). The van der Waals surface area contributed by atoms with Crippen LogP contribution in [0.1, 0.15) is 37.3 Å². The van der Waals surface area contributed by atoms with Crippen molar-refractivity contribution in [3.05, 3.63) is 35.4 Å². The Labute approximate surface area is 128 Å². The standard InChI is InChI=1S/C16H21F3N2O/c1-15(9-3-11-21(15)14(22)8-10-20-2)12-4-6-13(7-5-12)16(17,18)19/h4-7,20H,3,8-11H2,1-2H3. The van der Waals surface area contributed by atoms with Crippen LogP contribution in [0.3, 0.4) is 0 Å². The van der Waals surface area contributed by atoms with Crippen molar-refractivity contribution in [1.82, 2.24) is 10.2 Å². The summed E-state index contributed by atoms with van der Waals surface area (Å²) in [4.78, 5) is 14.1. The number of nitrogens with one attached hydrogen (secondary N) is 1.